The number of hydrogen-bond acceptors (Lipinski definition) is 7. The molecule has 1 aliphatic heterocycles. The molecule has 9 nitrogen and oxygen atoms in total. The molecule has 1 saturated carbocycles. The third kappa shape index (κ3) is 4.08. The van der Waals surface area contributed by atoms with E-state index in [2.05, 4.69) is 14.8 Å². The lowest BCUT2D eigenvalue weighted by molar-refractivity contribution is -0.129. The molecule has 0 unspecified atom stereocenters. The first-order valence-corrected chi connectivity index (χ1v) is 12.2. The third-order valence-corrected chi connectivity index (χ3v) is 8.17. The van der Waals surface area contributed by atoms with Crippen LogP contribution in [0.3, 0.4) is 0 Å². The molecule has 11 heteroatoms. The van der Waals surface area contributed by atoms with Crippen LogP contribution >= 0.6 is 11.8 Å². The molecule has 2 aromatic rings. The smallest absolute Gasteiger partial charge is 0.244 e. The lowest BCUT2D eigenvalue weighted by Gasteiger charge is -2.34. The Morgan fingerprint density at radius 1 is 1.20 bits per heavy atom. The van der Waals surface area contributed by atoms with E-state index in [1.165, 1.54) is 28.2 Å². The van der Waals surface area contributed by atoms with Crippen LogP contribution in [0.15, 0.2) is 34.3 Å². The minimum absolute atomic E-state index is 0.0117. The van der Waals surface area contributed by atoms with Crippen molar-refractivity contribution >= 4 is 27.7 Å². The highest BCUT2D eigenvalue weighted by Gasteiger charge is 2.32. The summed E-state index contributed by atoms with van der Waals surface area (Å²) < 4.78 is 29.3. The van der Waals surface area contributed by atoms with E-state index >= 15 is 0 Å². The summed E-state index contributed by atoms with van der Waals surface area (Å²) in [5, 5.41) is 18.3. The summed E-state index contributed by atoms with van der Waals surface area (Å²) in [6.45, 7) is 2.97. The van der Waals surface area contributed by atoms with E-state index in [9.17, 15) is 18.5 Å². The maximum atomic E-state index is 12.9. The number of hydrogen-bond donors (Lipinski definition) is 0. The molecular weight excluding hydrogens is 424 g/mol. The average Bonchev–Trinajstić information content (AvgIpc) is 3.54. The van der Waals surface area contributed by atoms with Crippen molar-refractivity contribution in [1.29, 1.82) is 5.26 Å². The van der Waals surface area contributed by atoms with Crippen molar-refractivity contribution in [2.24, 2.45) is 0 Å². The number of rotatable bonds is 6. The first-order valence-electron chi connectivity index (χ1n) is 9.73. The number of aromatic nitrogens is 3. The summed E-state index contributed by atoms with van der Waals surface area (Å²) in [4.78, 5) is 14.3. The molecule has 0 spiro atoms. The first kappa shape index (κ1) is 20.8. The fourth-order valence-corrected chi connectivity index (χ4v) is 6.04. The summed E-state index contributed by atoms with van der Waals surface area (Å²) in [7, 11) is -3.77. The van der Waals surface area contributed by atoms with Crippen LogP contribution in [0.5, 0.6) is 0 Å². The molecular formula is C19H22N6O3S2. The molecule has 0 radical (unpaired) electrons. The molecule has 2 aliphatic rings. The van der Waals surface area contributed by atoms with Crippen molar-refractivity contribution in [3.05, 3.63) is 35.7 Å². The summed E-state index contributed by atoms with van der Waals surface area (Å²) in [6.07, 6.45) is 2.23. The van der Waals surface area contributed by atoms with Crippen LogP contribution in [0.25, 0.3) is 0 Å². The van der Waals surface area contributed by atoms with Gasteiger partial charge in [-0.3, -0.25) is 4.79 Å². The Labute approximate surface area is 179 Å². The van der Waals surface area contributed by atoms with E-state index in [0.29, 0.717) is 19.1 Å². The number of piperazine rings is 1. The molecule has 4 rings (SSSR count). The fraction of sp³-hybridized carbons (Fsp3) is 0.474. The SMILES string of the molecule is Cc1nnc(SCC(=O)N2CCN(S(=O)(=O)c3ccccc3C#N)CC2)n1C1CC1. The Balaban J connectivity index is 1.35. The summed E-state index contributed by atoms with van der Waals surface area (Å²) in [6, 6.07) is 8.56. The molecule has 1 aliphatic carbocycles. The molecule has 1 saturated heterocycles. The van der Waals surface area contributed by atoms with Gasteiger partial charge in [0.1, 0.15) is 11.9 Å². The summed E-state index contributed by atoms with van der Waals surface area (Å²) in [5.41, 5.74) is 0.127. The molecule has 1 aromatic heterocycles. The third-order valence-electron chi connectivity index (χ3n) is 5.29. The minimum atomic E-state index is -3.77. The molecule has 2 heterocycles. The van der Waals surface area contributed by atoms with Gasteiger partial charge in [0.25, 0.3) is 0 Å². The molecule has 0 N–H and O–H groups in total. The van der Waals surface area contributed by atoms with Crippen molar-refractivity contribution in [1.82, 2.24) is 24.0 Å². The monoisotopic (exact) mass is 446 g/mol. The van der Waals surface area contributed by atoms with Gasteiger partial charge in [-0.25, -0.2) is 8.42 Å². The highest BCUT2D eigenvalue weighted by Crippen LogP contribution is 2.38. The molecule has 0 bridgehead atoms. The second kappa shape index (κ2) is 8.37. The van der Waals surface area contributed by atoms with Gasteiger partial charge >= 0.3 is 0 Å². The second-order valence-corrected chi connectivity index (χ2v) is 10.2. The molecule has 1 aromatic carbocycles. The normalized spacial score (nSPS) is 17.7. The van der Waals surface area contributed by atoms with Crippen molar-refractivity contribution in [2.75, 3.05) is 31.9 Å². The van der Waals surface area contributed by atoms with E-state index in [-0.39, 0.29) is 35.2 Å². The van der Waals surface area contributed by atoms with E-state index in [0.717, 1.165) is 23.8 Å². The number of nitriles is 1. The van der Waals surface area contributed by atoms with Gasteiger partial charge < -0.3 is 9.47 Å². The van der Waals surface area contributed by atoms with Gasteiger partial charge in [0.15, 0.2) is 5.16 Å². The maximum absolute atomic E-state index is 12.9. The first-order chi connectivity index (χ1) is 14.4. The van der Waals surface area contributed by atoms with Gasteiger partial charge in [-0.1, -0.05) is 23.9 Å². The number of aryl methyl sites for hydroxylation is 1. The highest BCUT2D eigenvalue weighted by molar-refractivity contribution is 7.99. The zero-order chi connectivity index (χ0) is 21.3. The Kier molecular flexibility index (Phi) is 5.81. The molecule has 158 valence electrons. The molecule has 30 heavy (non-hydrogen) atoms. The quantitative estimate of drug-likeness (QED) is 0.617. The van der Waals surface area contributed by atoms with Crippen LogP contribution in [-0.4, -0.2) is 70.2 Å². The number of amides is 1. The predicted octanol–water partition coefficient (Wildman–Crippen LogP) is 1.42. The van der Waals surface area contributed by atoms with Crippen molar-refractivity contribution in [2.45, 2.75) is 35.9 Å². The zero-order valence-corrected chi connectivity index (χ0v) is 18.2. The van der Waals surface area contributed by atoms with Crippen LogP contribution in [0.1, 0.15) is 30.3 Å². The van der Waals surface area contributed by atoms with E-state index < -0.39 is 10.0 Å². The topological polar surface area (TPSA) is 112 Å². The lowest BCUT2D eigenvalue weighted by Crippen LogP contribution is -2.51. The van der Waals surface area contributed by atoms with Gasteiger partial charge in [-0.2, -0.15) is 9.57 Å². The van der Waals surface area contributed by atoms with Gasteiger partial charge in [-0.05, 0) is 31.9 Å². The average molecular weight is 447 g/mol. The van der Waals surface area contributed by atoms with Gasteiger partial charge in [-0.15, -0.1) is 10.2 Å². The summed E-state index contributed by atoms with van der Waals surface area (Å²) >= 11 is 1.38. The van der Waals surface area contributed by atoms with Gasteiger partial charge in [0.2, 0.25) is 15.9 Å². The molecule has 0 atom stereocenters. The van der Waals surface area contributed by atoms with E-state index in [1.54, 1.807) is 17.0 Å². The van der Waals surface area contributed by atoms with Crippen LogP contribution in [0.2, 0.25) is 0 Å². The van der Waals surface area contributed by atoms with E-state index in [4.69, 9.17) is 0 Å². The van der Waals surface area contributed by atoms with Crippen LogP contribution in [0.4, 0.5) is 0 Å². The lowest BCUT2D eigenvalue weighted by atomic mass is 10.2. The van der Waals surface area contributed by atoms with Gasteiger partial charge in [0.05, 0.1) is 16.2 Å². The van der Waals surface area contributed by atoms with Crippen LogP contribution in [-0.2, 0) is 14.8 Å². The van der Waals surface area contributed by atoms with Gasteiger partial charge in [0, 0.05) is 32.2 Å². The van der Waals surface area contributed by atoms with Crippen molar-refractivity contribution in [3.63, 3.8) is 0 Å². The van der Waals surface area contributed by atoms with Crippen molar-refractivity contribution < 1.29 is 13.2 Å². The van der Waals surface area contributed by atoms with E-state index in [1.807, 2.05) is 13.0 Å². The predicted molar refractivity (Wildman–Crippen MR) is 110 cm³/mol. The second-order valence-electron chi connectivity index (χ2n) is 7.31. The number of benzene rings is 1. The number of carbonyl (C=O) groups excluding carboxylic acids is 1. The Morgan fingerprint density at radius 3 is 2.57 bits per heavy atom. The Morgan fingerprint density at radius 2 is 1.90 bits per heavy atom. The standard InChI is InChI=1S/C19H22N6O3S2/c1-14-21-22-19(25(14)16-6-7-16)29-13-18(26)23-8-10-24(11-9-23)30(27,28)17-5-3-2-4-15(17)12-20/h2-5,16H,6-11,13H2,1H3. The minimum Gasteiger partial charge on any atom is -0.339 e. The summed E-state index contributed by atoms with van der Waals surface area (Å²) in [5.74, 6) is 1.07. The van der Waals surface area contributed by atoms with Crippen LogP contribution < -0.4 is 0 Å². The van der Waals surface area contributed by atoms with Crippen molar-refractivity contribution in [3.8, 4) is 6.07 Å². The number of nitrogens with zero attached hydrogens (tertiary/aromatic N) is 6. The Hall–Kier alpha value is -2.42. The number of carbonyl (C=O) groups is 1. The number of thioether (sulfide) groups is 1. The fourth-order valence-electron chi connectivity index (χ4n) is 3.52. The number of sulfonamides is 1. The molecule has 1 amide bonds. The van der Waals surface area contributed by atoms with Crippen LogP contribution in [0, 0.1) is 18.3 Å². The zero-order valence-electron chi connectivity index (χ0n) is 16.6. The maximum Gasteiger partial charge on any atom is 0.244 e. The molecule has 2 fully saturated rings. The highest BCUT2D eigenvalue weighted by atomic mass is 32.2. The largest absolute Gasteiger partial charge is 0.339 e. The Bertz CT molecular complexity index is 1100.